The third-order valence-corrected chi connectivity index (χ3v) is 0. The summed E-state index contributed by atoms with van der Waals surface area (Å²) in [6, 6.07) is 0. The van der Waals surface area contributed by atoms with E-state index in [-0.39, 0.29) is 14.9 Å². The predicted molar refractivity (Wildman–Crippen MR) is 54.9 cm³/mol. The summed E-state index contributed by atoms with van der Waals surface area (Å²) < 4.78 is 38.1. The van der Waals surface area contributed by atoms with Crippen molar-refractivity contribution in [3.63, 3.8) is 0 Å². The molecular weight excluding hydrogens is 224 g/mol. The van der Waals surface area contributed by atoms with Crippen LogP contribution in [0.15, 0.2) is 0 Å². The first kappa shape index (κ1) is 22.8. The van der Waals surface area contributed by atoms with Crippen molar-refractivity contribution in [3.05, 3.63) is 0 Å². The highest BCUT2D eigenvalue weighted by atomic mass is 35.7. The molecule has 0 rings (SSSR count). The van der Waals surface area contributed by atoms with Gasteiger partial charge in [0.15, 0.2) is 0 Å². The quantitative estimate of drug-likeness (QED) is 0.595. The maximum absolute atomic E-state index is 9.63. The second kappa shape index (κ2) is 7.82. The van der Waals surface area contributed by atoms with Gasteiger partial charge in [-0.15, -0.1) is 0 Å². The van der Waals surface area contributed by atoms with Crippen LogP contribution in [0.3, 0.4) is 0 Å². The van der Waals surface area contributed by atoms with Crippen molar-refractivity contribution >= 4 is 29.6 Å². The van der Waals surface area contributed by atoms with Crippen molar-refractivity contribution in [2.45, 2.75) is 14.9 Å². The highest BCUT2D eigenvalue weighted by Gasteiger charge is 1.83. The lowest BCUT2D eigenvalue weighted by molar-refractivity contribution is 0.607. The molecule has 0 aliphatic heterocycles. The van der Waals surface area contributed by atoms with E-state index in [0.29, 0.717) is 0 Å². The van der Waals surface area contributed by atoms with Gasteiger partial charge in [-0.3, -0.25) is 0 Å². The SMILES string of the molecule is C.C.CS(=O)(=O)Cl.CS(C)(=O)=O. The zero-order chi connectivity index (χ0) is 9.00. The van der Waals surface area contributed by atoms with Crippen molar-refractivity contribution < 1.29 is 16.8 Å². The lowest BCUT2D eigenvalue weighted by atomic mass is 11.9. The summed E-state index contributed by atoms with van der Waals surface area (Å²) in [5, 5.41) is 0. The van der Waals surface area contributed by atoms with Crippen molar-refractivity contribution in [1.82, 2.24) is 0 Å². The van der Waals surface area contributed by atoms with Crippen LogP contribution in [0, 0.1) is 0 Å². The number of rotatable bonds is 0. The number of hydrogen-bond donors (Lipinski definition) is 0. The topological polar surface area (TPSA) is 68.3 Å². The molecule has 0 heterocycles. The first-order chi connectivity index (χ1) is 4.00. The smallest absolute Gasteiger partial charge is 0.229 e. The van der Waals surface area contributed by atoms with Gasteiger partial charge in [0.1, 0.15) is 9.84 Å². The average Bonchev–Trinajstić information content (AvgIpc) is 1.12. The van der Waals surface area contributed by atoms with Crippen LogP contribution in [0.25, 0.3) is 0 Å². The molecule has 0 unspecified atom stereocenters. The zero-order valence-electron chi connectivity index (χ0n) is 5.83. The Morgan fingerprint density at radius 2 is 0.833 bits per heavy atom. The molecule has 0 N–H and O–H groups in total. The third-order valence-electron chi connectivity index (χ3n) is 0. The summed E-state index contributed by atoms with van der Waals surface area (Å²) in [6.07, 6.45) is 3.24. The molecule has 0 fully saturated rings. The van der Waals surface area contributed by atoms with Gasteiger partial charge < -0.3 is 0 Å². The van der Waals surface area contributed by atoms with Gasteiger partial charge in [-0.05, 0) is 0 Å². The molecule has 0 spiro atoms. The van der Waals surface area contributed by atoms with Crippen LogP contribution in [0.5, 0.6) is 0 Å². The van der Waals surface area contributed by atoms with Crippen LogP contribution in [0.4, 0.5) is 0 Å². The van der Waals surface area contributed by atoms with E-state index in [2.05, 4.69) is 10.7 Å². The average molecular weight is 241 g/mol. The maximum Gasteiger partial charge on any atom is 0.229 e. The molecule has 0 aliphatic rings. The molecule has 0 aromatic rings. The van der Waals surface area contributed by atoms with Crippen LogP contribution < -0.4 is 0 Å². The molecule has 0 bridgehead atoms. The maximum atomic E-state index is 9.63. The minimum atomic E-state index is -3.19. The van der Waals surface area contributed by atoms with Crippen molar-refractivity contribution in [2.24, 2.45) is 0 Å². The summed E-state index contributed by atoms with van der Waals surface area (Å²) >= 11 is 0. The van der Waals surface area contributed by atoms with Crippen LogP contribution in [0.2, 0.25) is 0 Å². The Labute approximate surface area is 80.3 Å². The van der Waals surface area contributed by atoms with Gasteiger partial charge >= 0.3 is 0 Å². The Hall–Kier alpha value is 0.190. The Morgan fingerprint density at radius 3 is 0.833 bits per heavy atom. The van der Waals surface area contributed by atoms with Gasteiger partial charge in [0.05, 0.1) is 6.26 Å². The fourth-order valence-electron chi connectivity index (χ4n) is 0. The molecule has 80 valence electrons. The third kappa shape index (κ3) is 23800. The second-order valence-electron chi connectivity index (χ2n) is 1.82. The van der Waals surface area contributed by atoms with E-state index in [4.69, 9.17) is 0 Å². The molecule has 0 aromatic heterocycles. The van der Waals surface area contributed by atoms with E-state index in [1.165, 1.54) is 0 Å². The summed E-state index contributed by atoms with van der Waals surface area (Å²) in [6.45, 7) is 0. The standard InChI is InChI=1S/C2H6O2S.CH3ClO2S.2CH4/c2*1-5(2,3)4;;/h1-2H3;1H3;2*1H4. The highest BCUT2D eigenvalue weighted by Crippen LogP contribution is 1.83. The Bertz CT molecular complexity index is 218. The number of sulfone groups is 1. The Kier molecular flexibility index (Phi) is 14.8. The van der Waals surface area contributed by atoms with Crippen molar-refractivity contribution in [3.8, 4) is 0 Å². The highest BCUT2D eigenvalue weighted by molar-refractivity contribution is 8.13. The van der Waals surface area contributed by atoms with E-state index >= 15 is 0 Å². The van der Waals surface area contributed by atoms with E-state index in [1.54, 1.807) is 0 Å². The molecule has 0 amide bonds. The Balaban J connectivity index is -0.0000000457. The van der Waals surface area contributed by atoms with Gasteiger partial charge in [-0.25, -0.2) is 16.8 Å². The summed E-state index contributed by atoms with van der Waals surface area (Å²) in [7, 11) is -1.36. The molecule has 4 nitrogen and oxygen atoms in total. The summed E-state index contributed by atoms with van der Waals surface area (Å²) in [5.41, 5.74) is 0. The van der Waals surface area contributed by atoms with Gasteiger partial charge in [0.2, 0.25) is 9.05 Å². The molecule has 0 radical (unpaired) electrons. The van der Waals surface area contributed by atoms with Crippen molar-refractivity contribution in [1.29, 1.82) is 0 Å². The first-order valence-corrected chi connectivity index (χ1v) is 7.06. The van der Waals surface area contributed by atoms with E-state index in [0.717, 1.165) is 18.8 Å². The minimum Gasteiger partial charge on any atom is -0.229 e. The van der Waals surface area contributed by atoms with Gasteiger partial charge in [-0.1, -0.05) is 14.9 Å². The molecule has 0 aromatic carbocycles. The monoisotopic (exact) mass is 240 g/mol. The largest absolute Gasteiger partial charge is 0.229 e. The fraction of sp³-hybridized carbons (Fsp3) is 1.00. The predicted octanol–water partition coefficient (Wildman–Crippen LogP) is 1.12. The molecule has 7 heteroatoms. The molecule has 0 saturated heterocycles. The molecule has 12 heavy (non-hydrogen) atoms. The zero-order valence-corrected chi connectivity index (χ0v) is 8.22. The molecular formula is C5H17ClO4S2. The van der Waals surface area contributed by atoms with E-state index in [1.807, 2.05) is 0 Å². The van der Waals surface area contributed by atoms with Crippen LogP contribution in [-0.4, -0.2) is 35.6 Å². The Morgan fingerprint density at radius 1 is 0.833 bits per heavy atom. The number of hydrogen-bond acceptors (Lipinski definition) is 4. The normalized spacial score (nSPS) is 9.67. The number of halogens is 1. The van der Waals surface area contributed by atoms with Crippen LogP contribution in [-0.2, 0) is 18.9 Å². The van der Waals surface area contributed by atoms with Crippen LogP contribution >= 0.6 is 10.7 Å². The lowest BCUT2D eigenvalue weighted by Gasteiger charge is -1.69. The molecule has 0 aliphatic carbocycles. The van der Waals surface area contributed by atoms with Crippen molar-refractivity contribution in [2.75, 3.05) is 18.8 Å². The van der Waals surface area contributed by atoms with Crippen LogP contribution in [0.1, 0.15) is 14.9 Å². The second-order valence-corrected chi connectivity index (χ2v) is 7.16. The van der Waals surface area contributed by atoms with E-state index < -0.39 is 18.9 Å². The first-order valence-electron chi connectivity index (χ1n) is 2.05. The van der Waals surface area contributed by atoms with Gasteiger partial charge in [0, 0.05) is 23.2 Å². The fourth-order valence-corrected chi connectivity index (χ4v) is 0. The summed E-state index contributed by atoms with van der Waals surface area (Å²) in [4.78, 5) is 0. The van der Waals surface area contributed by atoms with Gasteiger partial charge in [0.25, 0.3) is 0 Å². The van der Waals surface area contributed by atoms with Gasteiger partial charge in [-0.2, -0.15) is 0 Å². The molecule has 0 saturated carbocycles. The lowest BCUT2D eigenvalue weighted by Crippen LogP contribution is -1.86. The minimum absolute atomic E-state index is 0. The van der Waals surface area contributed by atoms with E-state index in [9.17, 15) is 16.8 Å². The molecule has 0 atom stereocenters. The summed E-state index contributed by atoms with van der Waals surface area (Å²) in [5.74, 6) is 0.